The SMILES string of the molecule is COc1ccc(C=NNC(=O)Cc2cccn2C)c(OC)c1OC. The lowest BCUT2D eigenvalue weighted by Crippen LogP contribution is -2.20. The molecule has 24 heavy (non-hydrogen) atoms. The summed E-state index contributed by atoms with van der Waals surface area (Å²) in [6.07, 6.45) is 3.65. The van der Waals surface area contributed by atoms with Crippen molar-refractivity contribution in [3.63, 3.8) is 0 Å². The van der Waals surface area contributed by atoms with Crippen LogP contribution in [0.2, 0.25) is 0 Å². The largest absolute Gasteiger partial charge is 0.493 e. The smallest absolute Gasteiger partial charge is 0.245 e. The molecule has 0 aliphatic heterocycles. The molecule has 0 saturated carbocycles. The summed E-state index contributed by atoms with van der Waals surface area (Å²) < 4.78 is 17.8. The maximum absolute atomic E-state index is 11.9. The number of amides is 1. The second-order valence-corrected chi connectivity index (χ2v) is 5.00. The van der Waals surface area contributed by atoms with Gasteiger partial charge in [-0.1, -0.05) is 0 Å². The predicted octanol–water partition coefficient (Wildman–Crippen LogP) is 1.74. The lowest BCUT2D eigenvalue weighted by atomic mass is 10.2. The number of carbonyl (C=O) groups excluding carboxylic acids is 1. The first kappa shape index (κ1) is 17.4. The minimum absolute atomic E-state index is 0.201. The van der Waals surface area contributed by atoms with Gasteiger partial charge in [-0.3, -0.25) is 4.79 Å². The molecule has 0 spiro atoms. The fourth-order valence-electron chi connectivity index (χ4n) is 2.28. The van der Waals surface area contributed by atoms with Crippen molar-refractivity contribution in [3.8, 4) is 17.2 Å². The number of rotatable bonds is 7. The average molecular weight is 331 g/mol. The molecule has 0 aliphatic carbocycles. The summed E-state index contributed by atoms with van der Waals surface area (Å²) in [5, 5.41) is 3.98. The fourth-order valence-corrected chi connectivity index (χ4v) is 2.28. The normalized spacial score (nSPS) is 10.7. The molecule has 0 unspecified atom stereocenters. The number of methoxy groups -OCH3 is 3. The maximum Gasteiger partial charge on any atom is 0.245 e. The van der Waals surface area contributed by atoms with E-state index in [1.54, 1.807) is 19.2 Å². The highest BCUT2D eigenvalue weighted by molar-refractivity contribution is 5.87. The molecule has 1 heterocycles. The van der Waals surface area contributed by atoms with Crippen molar-refractivity contribution in [3.05, 3.63) is 41.7 Å². The molecule has 2 rings (SSSR count). The van der Waals surface area contributed by atoms with Crippen LogP contribution in [-0.2, 0) is 18.3 Å². The molecule has 2 aromatic rings. The molecule has 7 nitrogen and oxygen atoms in total. The quantitative estimate of drug-likeness (QED) is 0.619. The van der Waals surface area contributed by atoms with E-state index in [0.717, 1.165) is 5.69 Å². The number of hydrazone groups is 1. The molecule has 1 N–H and O–H groups in total. The summed E-state index contributed by atoms with van der Waals surface area (Å²) >= 11 is 0. The van der Waals surface area contributed by atoms with E-state index in [-0.39, 0.29) is 12.3 Å². The van der Waals surface area contributed by atoms with Crippen LogP contribution >= 0.6 is 0 Å². The molecule has 0 aliphatic rings. The molecule has 0 radical (unpaired) electrons. The fraction of sp³-hybridized carbons (Fsp3) is 0.294. The Kier molecular flexibility index (Phi) is 5.83. The minimum atomic E-state index is -0.201. The molecule has 7 heteroatoms. The van der Waals surface area contributed by atoms with Crippen LogP contribution in [0.4, 0.5) is 0 Å². The van der Waals surface area contributed by atoms with E-state index < -0.39 is 0 Å². The second-order valence-electron chi connectivity index (χ2n) is 5.00. The van der Waals surface area contributed by atoms with Crippen molar-refractivity contribution in [2.45, 2.75) is 6.42 Å². The number of nitrogens with one attached hydrogen (secondary N) is 1. The highest BCUT2D eigenvalue weighted by atomic mass is 16.5. The van der Waals surface area contributed by atoms with Crippen molar-refractivity contribution < 1.29 is 19.0 Å². The molecule has 1 aromatic heterocycles. The molecular formula is C17H21N3O4. The molecule has 0 atom stereocenters. The molecule has 128 valence electrons. The van der Waals surface area contributed by atoms with E-state index in [0.29, 0.717) is 22.8 Å². The summed E-state index contributed by atoms with van der Waals surface area (Å²) in [5.41, 5.74) is 4.07. The molecular weight excluding hydrogens is 310 g/mol. The summed E-state index contributed by atoms with van der Waals surface area (Å²) in [7, 11) is 6.50. The van der Waals surface area contributed by atoms with Gasteiger partial charge in [0, 0.05) is 24.5 Å². The van der Waals surface area contributed by atoms with Gasteiger partial charge in [-0.05, 0) is 24.3 Å². The highest BCUT2D eigenvalue weighted by Gasteiger charge is 2.14. The Morgan fingerprint density at radius 2 is 1.92 bits per heavy atom. The average Bonchev–Trinajstić information content (AvgIpc) is 2.98. The molecule has 1 amide bonds. The minimum Gasteiger partial charge on any atom is -0.493 e. The van der Waals surface area contributed by atoms with Gasteiger partial charge < -0.3 is 18.8 Å². The number of benzene rings is 1. The third-order valence-electron chi connectivity index (χ3n) is 3.52. The van der Waals surface area contributed by atoms with Crippen molar-refractivity contribution >= 4 is 12.1 Å². The van der Waals surface area contributed by atoms with Crippen molar-refractivity contribution in [2.75, 3.05) is 21.3 Å². The summed E-state index contributed by atoms with van der Waals surface area (Å²) in [5.74, 6) is 1.31. The number of nitrogens with zero attached hydrogens (tertiary/aromatic N) is 2. The zero-order chi connectivity index (χ0) is 17.5. The zero-order valence-electron chi connectivity index (χ0n) is 14.2. The number of hydrogen-bond acceptors (Lipinski definition) is 5. The number of aryl methyl sites for hydroxylation is 1. The van der Waals surface area contributed by atoms with Crippen LogP contribution in [0.1, 0.15) is 11.3 Å². The van der Waals surface area contributed by atoms with E-state index >= 15 is 0 Å². The summed E-state index contributed by atoms with van der Waals surface area (Å²) in [6.45, 7) is 0. The van der Waals surface area contributed by atoms with Crippen molar-refractivity contribution in [1.29, 1.82) is 0 Å². The molecule has 1 aromatic carbocycles. The number of hydrogen-bond donors (Lipinski definition) is 1. The van der Waals surface area contributed by atoms with Crippen LogP contribution in [0, 0.1) is 0 Å². The third kappa shape index (κ3) is 3.87. The van der Waals surface area contributed by atoms with Gasteiger partial charge in [0.15, 0.2) is 11.5 Å². The van der Waals surface area contributed by atoms with Crippen LogP contribution in [0.25, 0.3) is 0 Å². The number of aromatic nitrogens is 1. The maximum atomic E-state index is 11.9. The Morgan fingerprint density at radius 1 is 1.17 bits per heavy atom. The van der Waals surface area contributed by atoms with E-state index in [1.807, 2.05) is 29.9 Å². The van der Waals surface area contributed by atoms with Crippen molar-refractivity contribution in [2.24, 2.45) is 12.1 Å². The van der Waals surface area contributed by atoms with Gasteiger partial charge in [0.05, 0.1) is 34.0 Å². The van der Waals surface area contributed by atoms with Crippen LogP contribution in [0.3, 0.4) is 0 Å². The Balaban J connectivity index is 2.08. The number of ether oxygens (including phenoxy) is 3. The monoisotopic (exact) mass is 331 g/mol. The standard InChI is InChI=1S/C17H21N3O4/c1-20-9-5-6-13(20)10-15(21)19-18-11-12-7-8-14(22-2)17(24-4)16(12)23-3/h5-9,11H,10H2,1-4H3,(H,19,21). The topological polar surface area (TPSA) is 74.1 Å². The first-order valence-corrected chi connectivity index (χ1v) is 7.31. The summed E-state index contributed by atoms with van der Waals surface area (Å²) in [4.78, 5) is 11.9. The Hall–Kier alpha value is -2.96. The lowest BCUT2D eigenvalue weighted by Gasteiger charge is -2.13. The van der Waals surface area contributed by atoms with E-state index in [2.05, 4.69) is 10.5 Å². The van der Waals surface area contributed by atoms with Gasteiger partial charge in [0.25, 0.3) is 0 Å². The highest BCUT2D eigenvalue weighted by Crippen LogP contribution is 2.38. The van der Waals surface area contributed by atoms with Crippen LogP contribution in [0.5, 0.6) is 17.2 Å². The third-order valence-corrected chi connectivity index (χ3v) is 3.52. The van der Waals surface area contributed by atoms with Gasteiger partial charge in [-0.15, -0.1) is 0 Å². The molecule has 0 bridgehead atoms. The van der Waals surface area contributed by atoms with Gasteiger partial charge in [-0.25, -0.2) is 5.43 Å². The Labute approximate surface area is 140 Å². The lowest BCUT2D eigenvalue weighted by molar-refractivity contribution is -0.120. The van der Waals surface area contributed by atoms with Crippen LogP contribution < -0.4 is 19.6 Å². The molecule has 0 fully saturated rings. The zero-order valence-corrected chi connectivity index (χ0v) is 14.2. The second kappa shape index (κ2) is 8.05. The van der Waals surface area contributed by atoms with E-state index in [1.165, 1.54) is 20.4 Å². The van der Waals surface area contributed by atoms with Crippen LogP contribution in [-0.4, -0.2) is 38.0 Å². The van der Waals surface area contributed by atoms with Crippen LogP contribution in [0.15, 0.2) is 35.6 Å². The summed E-state index contributed by atoms with van der Waals surface area (Å²) in [6, 6.07) is 7.29. The van der Waals surface area contributed by atoms with Gasteiger partial charge in [-0.2, -0.15) is 5.10 Å². The van der Waals surface area contributed by atoms with Gasteiger partial charge in [0.2, 0.25) is 11.7 Å². The first-order chi connectivity index (χ1) is 11.6. The first-order valence-electron chi connectivity index (χ1n) is 7.31. The van der Waals surface area contributed by atoms with Gasteiger partial charge in [0.1, 0.15) is 0 Å². The van der Waals surface area contributed by atoms with Crippen molar-refractivity contribution in [1.82, 2.24) is 9.99 Å². The van der Waals surface area contributed by atoms with E-state index in [4.69, 9.17) is 14.2 Å². The van der Waals surface area contributed by atoms with E-state index in [9.17, 15) is 4.79 Å². The Bertz CT molecular complexity index is 737. The predicted molar refractivity (Wildman–Crippen MR) is 91.0 cm³/mol. The molecule has 0 saturated heterocycles. The number of carbonyl (C=O) groups is 1. The van der Waals surface area contributed by atoms with Gasteiger partial charge >= 0.3 is 0 Å². The Morgan fingerprint density at radius 3 is 2.50 bits per heavy atom.